The minimum atomic E-state index is -3.76. The second-order valence-corrected chi connectivity index (χ2v) is 9.75. The summed E-state index contributed by atoms with van der Waals surface area (Å²) in [5.74, 6) is 0.334. The molecule has 0 saturated carbocycles. The second kappa shape index (κ2) is 9.94. The molecule has 1 amide bonds. The second-order valence-electron chi connectivity index (χ2n) is 6.83. The van der Waals surface area contributed by atoms with Gasteiger partial charge in [-0.1, -0.05) is 37.3 Å². The summed E-state index contributed by atoms with van der Waals surface area (Å²) in [4.78, 5) is 11.7. The van der Waals surface area contributed by atoms with E-state index in [0.29, 0.717) is 12.8 Å². The summed E-state index contributed by atoms with van der Waals surface area (Å²) in [7, 11) is -3.76. The average molecular weight is 427 g/mol. The lowest BCUT2D eigenvalue weighted by atomic mass is 10.1. The Morgan fingerprint density at radius 2 is 1.96 bits per heavy atom. The summed E-state index contributed by atoms with van der Waals surface area (Å²) in [6.07, 6.45) is 1.44. The minimum absolute atomic E-state index is 0.101. The van der Waals surface area contributed by atoms with Crippen LogP contribution < -0.4 is 14.8 Å². The van der Waals surface area contributed by atoms with E-state index in [0.717, 1.165) is 22.6 Å². The molecule has 1 aromatic heterocycles. The molecule has 1 aromatic carbocycles. The molecule has 0 aliphatic rings. The molecule has 2 rings (SSSR count). The van der Waals surface area contributed by atoms with Crippen molar-refractivity contribution in [3.05, 3.63) is 29.8 Å². The molecule has 8 nitrogen and oxygen atoms in total. The molecule has 2 N–H and O–H groups in total. The first kappa shape index (κ1) is 22.3. The summed E-state index contributed by atoms with van der Waals surface area (Å²) in [5, 5.41) is 10.1. The van der Waals surface area contributed by atoms with Crippen molar-refractivity contribution in [3.8, 4) is 5.75 Å². The zero-order valence-electron chi connectivity index (χ0n) is 16.4. The first-order valence-corrected chi connectivity index (χ1v) is 11.4. The number of hydrogen-bond donors (Lipinski definition) is 2. The number of aromatic nitrogens is 2. The monoisotopic (exact) mass is 426 g/mol. The van der Waals surface area contributed by atoms with E-state index >= 15 is 0 Å². The van der Waals surface area contributed by atoms with Crippen LogP contribution in [0.4, 0.5) is 5.13 Å². The van der Waals surface area contributed by atoms with Crippen molar-refractivity contribution in [2.24, 2.45) is 5.92 Å². The number of aryl methyl sites for hydroxylation is 1. The van der Waals surface area contributed by atoms with Crippen LogP contribution in [0.3, 0.4) is 0 Å². The van der Waals surface area contributed by atoms with E-state index in [-0.39, 0.29) is 33.9 Å². The molecule has 154 valence electrons. The molecule has 0 unspecified atom stereocenters. The van der Waals surface area contributed by atoms with E-state index < -0.39 is 10.0 Å². The normalized spacial score (nSPS) is 11.8. The number of amides is 1. The molecule has 0 atom stereocenters. The van der Waals surface area contributed by atoms with Gasteiger partial charge in [0, 0.05) is 12.5 Å². The van der Waals surface area contributed by atoms with Crippen molar-refractivity contribution in [1.82, 2.24) is 14.9 Å². The van der Waals surface area contributed by atoms with Gasteiger partial charge in [-0.15, -0.1) is 10.2 Å². The van der Waals surface area contributed by atoms with Crippen molar-refractivity contribution in [2.45, 2.75) is 51.0 Å². The van der Waals surface area contributed by atoms with Crippen LogP contribution in [0.15, 0.2) is 28.6 Å². The van der Waals surface area contributed by atoms with E-state index in [1.165, 1.54) is 0 Å². The number of carbonyl (C=O) groups is 1. The third-order valence-electron chi connectivity index (χ3n) is 3.60. The van der Waals surface area contributed by atoms with Gasteiger partial charge in [-0.25, -0.2) is 13.1 Å². The summed E-state index contributed by atoms with van der Waals surface area (Å²) < 4.78 is 32.6. The molecule has 0 fully saturated rings. The van der Waals surface area contributed by atoms with Crippen LogP contribution in [-0.4, -0.2) is 37.2 Å². The molecule has 0 aliphatic heterocycles. The standard InChI is InChI=1S/C18H26N4O4S2/c1-12(2)16(23)20-17-21-22-18(27-17)28(24,25)19-10-6-8-14-7-5-9-15(11-14)26-13(3)4/h5,7,9,11-13,19H,6,8,10H2,1-4H3,(H,20,21,23). The van der Waals surface area contributed by atoms with Gasteiger partial charge in [0.1, 0.15) is 5.75 Å². The molecular weight excluding hydrogens is 400 g/mol. The van der Waals surface area contributed by atoms with E-state index in [2.05, 4.69) is 20.2 Å². The zero-order chi connectivity index (χ0) is 20.7. The average Bonchev–Trinajstić information content (AvgIpc) is 3.08. The quantitative estimate of drug-likeness (QED) is 0.446. The summed E-state index contributed by atoms with van der Waals surface area (Å²) >= 11 is 0.826. The molecule has 0 bridgehead atoms. The minimum Gasteiger partial charge on any atom is -0.491 e. The summed E-state index contributed by atoms with van der Waals surface area (Å²) in [5.41, 5.74) is 1.08. The van der Waals surface area contributed by atoms with Gasteiger partial charge >= 0.3 is 0 Å². The lowest BCUT2D eigenvalue weighted by molar-refractivity contribution is -0.118. The first-order valence-electron chi connectivity index (χ1n) is 9.07. The molecule has 1 heterocycles. The van der Waals surface area contributed by atoms with Gasteiger partial charge < -0.3 is 10.1 Å². The highest BCUT2D eigenvalue weighted by Crippen LogP contribution is 2.20. The molecule has 10 heteroatoms. The summed E-state index contributed by atoms with van der Waals surface area (Å²) in [6.45, 7) is 7.68. The highest BCUT2D eigenvalue weighted by Gasteiger charge is 2.20. The van der Waals surface area contributed by atoms with Gasteiger partial charge in [0.2, 0.25) is 15.4 Å². The van der Waals surface area contributed by atoms with Gasteiger partial charge in [-0.05, 0) is 44.4 Å². The zero-order valence-corrected chi connectivity index (χ0v) is 18.1. The number of nitrogens with zero attached hydrogens (tertiary/aromatic N) is 2. The third kappa shape index (κ3) is 6.84. The van der Waals surface area contributed by atoms with Gasteiger partial charge in [0.15, 0.2) is 0 Å². The fourth-order valence-corrected chi connectivity index (χ4v) is 4.24. The van der Waals surface area contributed by atoms with Gasteiger partial charge in [0.05, 0.1) is 6.10 Å². The van der Waals surface area contributed by atoms with Crippen LogP contribution in [0.2, 0.25) is 0 Å². The van der Waals surface area contributed by atoms with Crippen LogP contribution in [0.1, 0.15) is 39.7 Å². The van der Waals surface area contributed by atoms with E-state index in [9.17, 15) is 13.2 Å². The lowest BCUT2D eigenvalue weighted by Crippen LogP contribution is -2.25. The Balaban J connectivity index is 1.85. The maximum atomic E-state index is 12.3. The SMILES string of the molecule is CC(C)Oc1cccc(CCCNS(=O)(=O)c2nnc(NC(=O)C(C)C)s2)c1. The van der Waals surface area contributed by atoms with Crippen LogP contribution in [0.5, 0.6) is 5.75 Å². The van der Waals surface area contributed by atoms with Gasteiger partial charge in [-0.3, -0.25) is 4.79 Å². The molecular formula is C18H26N4O4S2. The fraction of sp³-hybridized carbons (Fsp3) is 0.500. The number of hydrogen-bond acceptors (Lipinski definition) is 7. The molecule has 0 saturated heterocycles. The van der Waals surface area contributed by atoms with E-state index in [4.69, 9.17) is 4.74 Å². The Morgan fingerprint density at radius 1 is 1.21 bits per heavy atom. The van der Waals surface area contributed by atoms with Crippen molar-refractivity contribution in [1.29, 1.82) is 0 Å². The van der Waals surface area contributed by atoms with Crippen LogP contribution >= 0.6 is 11.3 Å². The molecule has 0 radical (unpaired) electrons. The predicted octanol–water partition coefficient (Wildman–Crippen LogP) is 2.83. The fourth-order valence-electron chi connectivity index (χ4n) is 2.23. The van der Waals surface area contributed by atoms with Crippen LogP contribution in [0.25, 0.3) is 0 Å². The van der Waals surface area contributed by atoms with Gasteiger partial charge in [-0.2, -0.15) is 0 Å². The van der Waals surface area contributed by atoms with Crippen molar-refractivity contribution in [3.63, 3.8) is 0 Å². The van der Waals surface area contributed by atoms with Crippen molar-refractivity contribution >= 4 is 32.4 Å². The highest BCUT2D eigenvalue weighted by molar-refractivity contribution is 7.91. The van der Waals surface area contributed by atoms with Gasteiger partial charge in [0.25, 0.3) is 10.0 Å². The number of carbonyl (C=O) groups excluding carboxylic acids is 1. The van der Waals surface area contributed by atoms with Crippen LogP contribution in [0, 0.1) is 5.92 Å². The molecule has 2 aromatic rings. The first-order chi connectivity index (χ1) is 13.2. The molecule has 0 spiro atoms. The molecule has 0 aliphatic carbocycles. The Bertz CT molecular complexity index is 894. The Labute approximate surface area is 169 Å². The number of sulfonamides is 1. The number of benzene rings is 1. The molecule has 28 heavy (non-hydrogen) atoms. The smallest absolute Gasteiger partial charge is 0.269 e. The number of rotatable bonds is 10. The number of anilines is 1. The predicted molar refractivity (Wildman–Crippen MR) is 109 cm³/mol. The lowest BCUT2D eigenvalue weighted by Gasteiger charge is -2.11. The number of nitrogens with one attached hydrogen (secondary N) is 2. The maximum Gasteiger partial charge on any atom is 0.269 e. The topological polar surface area (TPSA) is 110 Å². The Morgan fingerprint density at radius 3 is 2.64 bits per heavy atom. The maximum absolute atomic E-state index is 12.3. The van der Waals surface area contributed by atoms with Crippen LogP contribution in [-0.2, 0) is 21.2 Å². The third-order valence-corrected chi connectivity index (χ3v) is 6.26. The highest BCUT2D eigenvalue weighted by atomic mass is 32.2. The Hall–Kier alpha value is -2.04. The van der Waals surface area contributed by atoms with E-state index in [1.54, 1.807) is 13.8 Å². The largest absolute Gasteiger partial charge is 0.491 e. The Kier molecular flexibility index (Phi) is 7.90. The summed E-state index contributed by atoms with van der Waals surface area (Å²) in [6, 6.07) is 7.77. The van der Waals surface area contributed by atoms with E-state index in [1.807, 2.05) is 38.1 Å². The van der Waals surface area contributed by atoms with Crippen molar-refractivity contribution < 1.29 is 17.9 Å². The number of ether oxygens (including phenoxy) is 1. The van der Waals surface area contributed by atoms with Crippen molar-refractivity contribution in [2.75, 3.05) is 11.9 Å².